The van der Waals surface area contributed by atoms with Gasteiger partial charge in [-0.05, 0) is 32.4 Å². The summed E-state index contributed by atoms with van der Waals surface area (Å²) in [5.74, 6) is 1.88. The summed E-state index contributed by atoms with van der Waals surface area (Å²) in [5, 5.41) is 22.4. The van der Waals surface area contributed by atoms with Crippen molar-refractivity contribution in [1.29, 1.82) is 5.26 Å². The molecule has 0 amide bonds. The molecule has 0 radical (unpaired) electrons. The van der Waals surface area contributed by atoms with Crippen LogP contribution in [0.25, 0.3) is 0 Å². The molecule has 3 rings (SSSR count). The minimum atomic E-state index is -0.0285. The van der Waals surface area contributed by atoms with Crippen molar-refractivity contribution in [2.45, 2.75) is 39.7 Å². The molecule has 1 aliphatic heterocycles. The Hall–Kier alpha value is -2.53. The van der Waals surface area contributed by atoms with E-state index < -0.39 is 0 Å². The second-order valence-corrected chi connectivity index (χ2v) is 6.27. The molecule has 0 aromatic carbocycles. The Balaban J connectivity index is 1.95. The van der Waals surface area contributed by atoms with Crippen molar-refractivity contribution in [3.63, 3.8) is 0 Å². The van der Waals surface area contributed by atoms with Gasteiger partial charge in [-0.25, -0.2) is 0 Å². The van der Waals surface area contributed by atoms with Gasteiger partial charge < -0.3 is 9.42 Å². The van der Waals surface area contributed by atoms with Crippen LogP contribution in [0.1, 0.15) is 48.4 Å². The van der Waals surface area contributed by atoms with Crippen molar-refractivity contribution in [2.75, 3.05) is 31.6 Å². The Morgan fingerprint density at radius 1 is 1.24 bits per heavy atom. The maximum Gasteiger partial charge on any atom is 0.245 e. The molecule has 0 aliphatic carbocycles. The summed E-state index contributed by atoms with van der Waals surface area (Å²) in [6.45, 7) is 8.12. The highest BCUT2D eigenvalue weighted by molar-refractivity contribution is 5.58. The molecule has 2 aromatic rings. The minimum absolute atomic E-state index is 0.0285. The molecule has 8 heteroatoms. The van der Waals surface area contributed by atoms with Crippen molar-refractivity contribution in [3.05, 3.63) is 28.5 Å². The average Bonchev–Trinajstić information content (AvgIpc) is 3.06. The zero-order valence-electron chi connectivity index (χ0n) is 15.2. The second-order valence-electron chi connectivity index (χ2n) is 6.27. The third-order valence-corrected chi connectivity index (χ3v) is 4.72. The van der Waals surface area contributed by atoms with Crippen molar-refractivity contribution < 1.29 is 4.52 Å². The van der Waals surface area contributed by atoms with Gasteiger partial charge in [0.2, 0.25) is 5.89 Å². The molecule has 0 N–H and O–H groups in total. The fourth-order valence-corrected chi connectivity index (χ4v) is 3.28. The summed E-state index contributed by atoms with van der Waals surface area (Å²) in [7, 11) is 2.04. The lowest BCUT2D eigenvalue weighted by Crippen LogP contribution is -2.47. The van der Waals surface area contributed by atoms with E-state index in [-0.39, 0.29) is 6.04 Å². The Labute approximate surface area is 147 Å². The summed E-state index contributed by atoms with van der Waals surface area (Å²) in [4.78, 5) is 8.66. The van der Waals surface area contributed by atoms with Crippen LogP contribution in [0.4, 0.5) is 5.82 Å². The number of likely N-dealkylation sites (N-methyl/N-ethyl adjacent to an activating group) is 1. The molecule has 1 atom stereocenters. The maximum absolute atomic E-state index is 9.72. The van der Waals surface area contributed by atoms with E-state index in [1.165, 1.54) is 0 Å². The average molecular weight is 341 g/mol. The lowest BCUT2D eigenvalue weighted by atomic mass is 10.0. The molecule has 1 fully saturated rings. The molecule has 8 nitrogen and oxygen atoms in total. The van der Waals surface area contributed by atoms with Gasteiger partial charge in [0, 0.05) is 19.6 Å². The van der Waals surface area contributed by atoms with Gasteiger partial charge in [-0.3, -0.25) is 4.90 Å². The van der Waals surface area contributed by atoms with Crippen molar-refractivity contribution in [3.8, 4) is 6.07 Å². The first-order chi connectivity index (χ1) is 12.1. The fourth-order valence-electron chi connectivity index (χ4n) is 3.28. The number of piperazine rings is 1. The minimum Gasteiger partial charge on any atom is -0.351 e. The number of nitrogens with zero attached hydrogens (tertiary/aromatic N) is 7. The second kappa shape index (κ2) is 7.15. The number of rotatable bonds is 4. The topological polar surface area (TPSA) is 95.0 Å². The lowest BCUT2D eigenvalue weighted by molar-refractivity contribution is 0.177. The van der Waals surface area contributed by atoms with Gasteiger partial charge in [-0.2, -0.15) is 15.3 Å². The maximum atomic E-state index is 9.72. The molecular formula is C17H23N7O. The number of nitriles is 1. The fraction of sp³-hybridized carbons (Fsp3) is 0.588. The molecule has 0 saturated carbocycles. The van der Waals surface area contributed by atoms with E-state index in [4.69, 9.17) is 4.52 Å². The Kier molecular flexibility index (Phi) is 4.95. The van der Waals surface area contributed by atoms with Crippen molar-refractivity contribution >= 4 is 5.82 Å². The van der Waals surface area contributed by atoms with E-state index >= 15 is 0 Å². The van der Waals surface area contributed by atoms with Crippen molar-refractivity contribution in [1.82, 2.24) is 25.2 Å². The van der Waals surface area contributed by atoms with Gasteiger partial charge in [0.1, 0.15) is 17.7 Å². The largest absolute Gasteiger partial charge is 0.351 e. The normalized spacial score (nSPS) is 18.4. The van der Waals surface area contributed by atoms with E-state index in [2.05, 4.69) is 43.1 Å². The summed E-state index contributed by atoms with van der Waals surface area (Å²) >= 11 is 0. The zero-order chi connectivity index (χ0) is 18.0. The highest BCUT2D eigenvalue weighted by Gasteiger charge is 2.32. The van der Waals surface area contributed by atoms with Gasteiger partial charge in [0.15, 0.2) is 11.6 Å². The predicted molar refractivity (Wildman–Crippen MR) is 92.1 cm³/mol. The molecule has 2 aromatic heterocycles. The molecule has 0 unspecified atom stereocenters. The molecule has 1 aliphatic rings. The smallest absolute Gasteiger partial charge is 0.245 e. The third kappa shape index (κ3) is 3.20. The van der Waals surface area contributed by atoms with Gasteiger partial charge in [0.05, 0.1) is 5.69 Å². The quantitative estimate of drug-likeness (QED) is 0.828. The molecule has 0 bridgehead atoms. The van der Waals surface area contributed by atoms with Gasteiger partial charge in [0.25, 0.3) is 0 Å². The van der Waals surface area contributed by atoms with Crippen LogP contribution in [0.15, 0.2) is 4.52 Å². The summed E-state index contributed by atoms with van der Waals surface area (Å²) in [5.41, 5.74) is 2.54. The first-order valence-corrected chi connectivity index (χ1v) is 8.62. The van der Waals surface area contributed by atoms with Gasteiger partial charge in [-0.15, -0.1) is 5.10 Å². The molecule has 132 valence electrons. The first kappa shape index (κ1) is 17.3. The van der Waals surface area contributed by atoms with Crippen LogP contribution in [-0.4, -0.2) is 51.9 Å². The molecular weight excluding hydrogens is 318 g/mol. The summed E-state index contributed by atoms with van der Waals surface area (Å²) < 4.78 is 5.37. The molecule has 25 heavy (non-hydrogen) atoms. The Morgan fingerprint density at radius 2 is 2.04 bits per heavy atom. The number of aryl methyl sites for hydroxylation is 2. The van der Waals surface area contributed by atoms with Gasteiger partial charge in [-0.1, -0.05) is 19.0 Å². The highest BCUT2D eigenvalue weighted by atomic mass is 16.5. The Morgan fingerprint density at radius 3 is 2.64 bits per heavy atom. The van der Waals surface area contributed by atoms with E-state index in [0.717, 1.165) is 37.2 Å². The number of hydrogen-bond acceptors (Lipinski definition) is 8. The standard InChI is InChI=1S/C17H23N7O/c1-5-12-13(9-18)16(21-20-14(12)6-2)24-8-7-23(4)15(10-24)17-19-11(3)22-25-17/h15H,5-8,10H2,1-4H3/t15-/m1/s1. The van der Waals surface area contributed by atoms with Crippen LogP contribution in [-0.2, 0) is 12.8 Å². The van der Waals surface area contributed by atoms with Crippen LogP contribution < -0.4 is 4.90 Å². The highest BCUT2D eigenvalue weighted by Crippen LogP contribution is 2.29. The lowest BCUT2D eigenvalue weighted by Gasteiger charge is -2.38. The molecule has 1 saturated heterocycles. The van der Waals surface area contributed by atoms with Crippen LogP contribution in [0.5, 0.6) is 0 Å². The van der Waals surface area contributed by atoms with Crippen LogP contribution in [0, 0.1) is 18.3 Å². The summed E-state index contributed by atoms with van der Waals surface area (Å²) in [6, 6.07) is 2.32. The first-order valence-electron chi connectivity index (χ1n) is 8.62. The molecule has 0 spiro atoms. The predicted octanol–water partition coefficient (Wildman–Crippen LogP) is 1.66. The monoisotopic (exact) mass is 341 g/mol. The number of aromatic nitrogens is 4. The summed E-state index contributed by atoms with van der Waals surface area (Å²) in [6.07, 6.45) is 1.55. The number of anilines is 1. The SMILES string of the molecule is CCc1nnc(N2CCN(C)[C@@H](c3nc(C)no3)C2)c(C#N)c1CC. The number of hydrogen-bond donors (Lipinski definition) is 0. The third-order valence-electron chi connectivity index (χ3n) is 4.72. The van der Waals surface area contributed by atoms with Gasteiger partial charge >= 0.3 is 0 Å². The van der Waals surface area contributed by atoms with E-state index in [1.807, 2.05) is 20.9 Å². The van der Waals surface area contributed by atoms with E-state index in [1.54, 1.807) is 0 Å². The van der Waals surface area contributed by atoms with E-state index in [0.29, 0.717) is 29.6 Å². The Bertz CT molecular complexity index is 795. The van der Waals surface area contributed by atoms with Crippen LogP contribution in [0.2, 0.25) is 0 Å². The van der Waals surface area contributed by atoms with Crippen molar-refractivity contribution in [2.24, 2.45) is 0 Å². The van der Waals surface area contributed by atoms with E-state index in [9.17, 15) is 5.26 Å². The van der Waals surface area contributed by atoms with Crippen LogP contribution >= 0.6 is 0 Å². The molecule has 3 heterocycles. The zero-order valence-corrected chi connectivity index (χ0v) is 15.2. The van der Waals surface area contributed by atoms with Crippen LogP contribution in [0.3, 0.4) is 0 Å².